The van der Waals surface area contributed by atoms with Crippen LogP contribution in [0.3, 0.4) is 0 Å². The van der Waals surface area contributed by atoms with Crippen molar-refractivity contribution in [2.45, 2.75) is 18.9 Å². The van der Waals surface area contributed by atoms with Crippen LogP contribution < -0.4 is 5.32 Å². The molecular formula is C16H19ClN2O3. The SMILES string of the molecule is O=C1NCCN(C(=O)C2CCOCC2)C1c1ccccc1Cl. The molecule has 0 saturated carbocycles. The van der Waals surface area contributed by atoms with Gasteiger partial charge in [-0.15, -0.1) is 0 Å². The van der Waals surface area contributed by atoms with Gasteiger partial charge in [-0.2, -0.15) is 0 Å². The predicted molar refractivity (Wildman–Crippen MR) is 82.5 cm³/mol. The first-order chi connectivity index (χ1) is 10.7. The van der Waals surface area contributed by atoms with Crippen molar-refractivity contribution in [2.24, 2.45) is 5.92 Å². The molecule has 1 aromatic rings. The van der Waals surface area contributed by atoms with E-state index in [4.69, 9.17) is 16.3 Å². The molecule has 0 aliphatic carbocycles. The number of ether oxygens (including phenoxy) is 1. The lowest BCUT2D eigenvalue weighted by molar-refractivity contribution is -0.148. The van der Waals surface area contributed by atoms with Crippen molar-refractivity contribution in [1.82, 2.24) is 10.2 Å². The molecular weight excluding hydrogens is 304 g/mol. The van der Waals surface area contributed by atoms with Crippen molar-refractivity contribution in [2.75, 3.05) is 26.3 Å². The van der Waals surface area contributed by atoms with Crippen LogP contribution in [0.1, 0.15) is 24.4 Å². The molecule has 1 N–H and O–H groups in total. The summed E-state index contributed by atoms with van der Waals surface area (Å²) in [5.74, 6) is -0.201. The smallest absolute Gasteiger partial charge is 0.247 e. The van der Waals surface area contributed by atoms with E-state index in [1.807, 2.05) is 18.2 Å². The molecule has 2 saturated heterocycles. The summed E-state index contributed by atoms with van der Waals surface area (Å²) in [5, 5.41) is 3.34. The number of carbonyl (C=O) groups excluding carboxylic acids is 2. The Bertz CT molecular complexity index is 572. The summed E-state index contributed by atoms with van der Waals surface area (Å²) >= 11 is 6.24. The number of piperazine rings is 1. The van der Waals surface area contributed by atoms with Crippen LogP contribution >= 0.6 is 11.6 Å². The predicted octanol–water partition coefficient (Wildman–Crippen LogP) is 1.77. The fourth-order valence-corrected chi connectivity index (χ4v) is 3.33. The Labute approximate surface area is 134 Å². The van der Waals surface area contributed by atoms with E-state index >= 15 is 0 Å². The van der Waals surface area contributed by atoms with Crippen molar-refractivity contribution in [1.29, 1.82) is 0 Å². The van der Waals surface area contributed by atoms with Gasteiger partial charge in [0.25, 0.3) is 0 Å². The van der Waals surface area contributed by atoms with Gasteiger partial charge in [-0.05, 0) is 18.9 Å². The molecule has 2 amide bonds. The molecule has 0 spiro atoms. The molecule has 3 rings (SSSR count). The number of hydrogen-bond donors (Lipinski definition) is 1. The highest BCUT2D eigenvalue weighted by Gasteiger charge is 2.38. The molecule has 6 heteroatoms. The molecule has 0 radical (unpaired) electrons. The largest absolute Gasteiger partial charge is 0.381 e. The molecule has 1 atom stereocenters. The molecule has 0 aromatic heterocycles. The Morgan fingerprint density at radius 3 is 2.73 bits per heavy atom. The van der Waals surface area contributed by atoms with Crippen molar-refractivity contribution in [3.05, 3.63) is 34.9 Å². The molecule has 1 unspecified atom stereocenters. The van der Waals surface area contributed by atoms with Gasteiger partial charge in [0, 0.05) is 42.8 Å². The highest BCUT2D eigenvalue weighted by Crippen LogP contribution is 2.31. The Morgan fingerprint density at radius 2 is 2.00 bits per heavy atom. The van der Waals surface area contributed by atoms with E-state index in [1.165, 1.54) is 0 Å². The zero-order chi connectivity index (χ0) is 15.5. The lowest BCUT2D eigenvalue weighted by Crippen LogP contribution is -2.54. The maximum absolute atomic E-state index is 12.8. The number of amides is 2. The Kier molecular flexibility index (Phi) is 4.64. The van der Waals surface area contributed by atoms with Crippen LogP contribution in [0.25, 0.3) is 0 Å². The maximum atomic E-state index is 12.8. The number of benzene rings is 1. The molecule has 5 nitrogen and oxygen atoms in total. The standard InChI is InChI=1S/C16H19ClN2O3/c17-13-4-2-1-3-12(13)14-15(20)18-7-8-19(14)16(21)11-5-9-22-10-6-11/h1-4,11,14H,5-10H2,(H,18,20). The third-order valence-electron chi connectivity index (χ3n) is 4.27. The zero-order valence-electron chi connectivity index (χ0n) is 12.3. The first-order valence-electron chi connectivity index (χ1n) is 7.59. The first-order valence-corrected chi connectivity index (χ1v) is 7.96. The fourth-order valence-electron chi connectivity index (χ4n) is 3.09. The Hall–Kier alpha value is -1.59. The zero-order valence-corrected chi connectivity index (χ0v) is 13.0. The van der Waals surface area contributed by atoms with E-state index in [1.54, 1.807) is 11.0 Å². The van der Waals surface area contributed by atoms with Gasteiger partial charge < -0.3 is 15.0 Å². The molecule has 22 heavy (non-hydrogen) atoms. The first kappa shape index (κ1) is 15.3. The summed E-state index contributed by atoms with van der Waals surface area (Å²) in [6.45, 7) is 2.20. The summed E-state index contributed by atoms with van der Waals surface area (Å²) in [4.78, 5) is 26.9. The van der Waals surface area contributed by atoms with Gasteiger partial charge in [-0.25, -0.2) is 0 Å². The Morgan fingerprint density at radius 1 is 1.27 bits per heavy atom. The molecule has 1 aromatic carbocycles. The minimum Gasteiger partial charge on any atom is -0.381 e. The van der Waals surface area contributed by atoms with Crippen LogP contribution in [0.5, 0.6) is 0 Å². The minimum atomic E-state index is -0.641. The highest BCUT2D eigenvalue weighted by molar-refractivity contribution is 6.31. The quantitative estimate of drug-likeness (QED) is 0.902. The lowest BCUT2D eigenvalue weighted by atomic mass is 9.95. The summed E-state index contributed by atoms with van der Waals surface area (Å²) in [6, 6.07) is 6.56. The lowest BCUT2D eigenvalue weighted by Gasteiger charge is -2.38. The number of carbonyl (C=O) groups is 2. The highest BCUT2D eigenvalue weighted by atomic mass is 35.5. The number of rotatable bonds is 2. The van der Waals surface area contributed by atoms with Crippen molar-refractivity contribution < 1.29 is 14.3 Å². The second-order valence-corrected chi connectivity index (χ2v) is 6.04. The average Bonchev–Trinajstić information content (AvgIpc) is 2.56. The van der Waals surface area contributed by atoms with Gasteiger partial charge in [-0.3, -0.25) is 9.59 Å². The monoisotopic (exact) mass is 322 g/mol. The topological polar surface area (TPSA) is 58.6 Å². The summed E-state index contributed by atoms with van der Waals surface area (Å²) in [5.41, 5.74) is 0.682. The second-order valence-electron chi connectivity index (χ2n) is 5.63. The minimum absolute atomic E-state index is 0.0306. The van der Waals surface area contributed by atoms with Gasteiger partial charge in [-0.1, -0.05) is 29.8 Å². The van der Waals surface area contributed by atoms with Crippen molar-refractivity contribution in [3.8, 4) is 0 Å². The van der Waals surface area contributed by atoms with Crippen LogP contribution in [-0.2, 0) is 14.3 Å². The molecule has 2 heterocycles. The summed E-state index contributed by atoms with van der Waals surface area (Å²) < 4.78 is 5.32. The van der Waals surface area contributed by atoms with Gasteiger partial charge in [0.15, 0.2) is 0 Å². The van der Waals surface area contributed by atoms with Crippen molar-refractivity contribution in [3.63, 3.8) is 0 Å². The number of nitrogens with one attached hydrogen (secondary N) is 1. The molecule has 118 valence electrons. The third kappa shape index (κ3) is 2.96. The van der Waals surface area contributed by atoms with Gasteiger partial charge in [0.05, 0.1) is 0 Å². The van der Waals surface area contributed by atoms with Crippen LogP contribution in [0.4, 0.5) is 0 Å². The number of halogens is 1. The molecule has 2 aliphatic rings. The van der Waals surface area contributed by atoms with E-state index < -0.39 is 6.04 Å². The second kappa shape index (κ2) is 6.67. The third-order valence-corrected chi connectivity index (χ3v) is 4.61. The van der Waals surface area contributed by atoms with E-state index in [-0.39, 0.29) is 17.7 Å². The van der Waals surface area contributed by atoms with Crippen LogP contribution in [0.2, 0.25) is 5.02 Å². The summed E-state index contributed by atoms with van der Waals surface area (Å²) in [7, 11) is 0. The van der Waals surface area contributed by atoms with Crippen molar-refractivity contribution >= 4 is 23.4 Å². The Balaban J connectivity index is 1.88. The molecule has 0 bridgehead atoms. The van der Waals surface area contributed by atoms with E-state index in [9.17, 15) is 9.59 Å². The number of hydrogen-bond acceptors (Lipinski definition) is 3. The molecule has 2 aliphatic heterocycles. The van der Waals surface area contributed by atoms with Crippen LogP contribution in [0.15, 0.2) is 24.3 Å². The van der Waals surface area contributed by atoms with E-state index in [0.29, 0.717) is 49.7 Å². The van der Waals surface area contributed by atoms with Gasteiger partial charge in [0.1, 0.15) is 6.04 Å². The average molecular weight is 323 g/mol. The summed E-state index contributed by atoms with van der Waals surface area (Å²) in [6.07, 6.45) is 1.43. The molecule has 2 fully saturated rings. The fraction of sp³-hybridized carbons (Fsp3) is 0.500. The van der Waals surface area contributed by atoms with Gasteiger partial charge >= 0.3 is 0 Å². The van der Waals surface area contributed by atoms with E-state index in [2.05, 4.69) is 5.32 Å². The van der Waals surface area contributed by atoms with Gasteiger partial charge in [0.2, 0.25) is 11.8 Å². The van der Waals surface area contributed by atoms with E-state index in [0.717, 1.165) is 0 Å². The normalized spacial score (nSPS) is 23.2. The van der Waals surface area contributed by atoms with Crippen LogP contribution in [-0.4, -0.2) is 43.0 Å². The maximum Gasteiger partial charge on any atom is 0.247 e. The van der Waals surface area contributed by atoms with Crippen LogP contribution in [0, 0.1) is 5.92 Å². The number of nitrogens with zero attached hydrogens (tertiary/aromatic N) is 1.